The Balaban J connectivity index is 1.88. The van der Waals surface area contributed by atoms with Crippen LogP contribution in [-0.4, -0.2) is 54.0 Å². The third kappa shape index (κ3) is 3.52. The number of anilines is 1. The highest BCUT2D eigenvalue weighted by atomic mass is 32.2. The Labute approximate surface area is 175 Å². The zero-order valence-corrected chi connectivity index (χ0v) is 17.9. The number of nitrogens with zero attached hydrogens (tertiary/aromatic N) is 4. The molecule has 30 heavy (non-hydrogen) atoms. The van der Waals surface area contributed by atoms with Crippen molar-refractivity contribution in [2.75, 3.05) is 24.7 Å². The Morgan fingerprint density at radius 1 is 1.37 bits per heavy atom. The zero-order chi connectivity index (χ0) is 21.9. The van der Waals surface area contributed by atoms with Crippen molar-refractivity contribution in [2.24, 2.45) is 0 Å². The molecule has 1 saturated heterocycles. The molecule has 2 aromatic rings. The third-order valence-corrected chi connectivity index (χ3v) is 6.84. The third-order valence-electron chi connectivity index (χ3n) is 4.96. The van der Waals surface area contributed by atoms with Crippen LogP contribution in [0.15, 0.2) is 22.6 Å². The molecule has 4 rings (SSSR count). The molecule has 0 aromatic carbocycles. The second kappa shape index (κ2) is 7.02. The molecule has 0 spiro atoms. The Morgan fingerprint density at radius 2 is 2.07 bits per heavy atom. The van der Waals surface area contributed by atoms with Crippen molar-refractivity contribution >= 4 is 38.7 Å². The number of ether oxygens (including phenoxy) is 1. The monoisotopic (exact) mass is 464 g/mol. The molecule has 0 unspecified atom stereocenters. The fourth-order valence-electron chi connectivity index (χ4n) is 3.38. The number of aromatic nitrogens is 3. The SMILES string of the molecule is CC(C)n1ncc2nc(N3CCOC[C@]3(C)C3=CS3)cc(OS(=O)(=O)C(F)(F)F)c21. The second-order valence-corrected chi connectivity index (χ2v) is 9.91. The van der Waals surface area contributed by atoms with Crippen molar-refractivity contribution in [3.05, 3.63) is 22.6 Å². The molecule has 8 nitrogen and oxygen atoms in total. The van der Waals surface area contributed by atoms with Gasteiger partial charge in [0.1, 0.15) is 16.9 Å². The number of halogens is 3. The van der Waals surface area contributed by atoms with Crippen LogP contribution < -0.4 is 9.08 Å². The van der Waals surface area contributed by atoms with Gasteiger partial charge in [0.2, 0.25) is 0 Å². The number of hydrogen-bond acceptors (Lipinski definition) is 8. The molecule has 1 atom stereocenters. The summed E-state index contributed by atoms with van der Waals surface area (Å²) in [4.78, 5) is 7.49. The van der Waals surface area contributed by atoms with Crippen LogP contribution in [0.1, 0.15) is 26.8 Å². The smallest absolute Gasteiger partial charge is 0.377 e. The molecular formula is C17H19F3N4O4S2. The summed E-state index contributed by atoms with van der Waals surface area (Å²) in [6, 6.07) is 0.969. The van der Waals surface area contributed by atoms with Gasteiger partial charge in [0, 0.05) is 23.6 Å². The fourth-order valence-corrected chi connectivity index (χ4v) is 4.57. The molecule has 13 heteroatoms. The molecule has 0 bridgehead atoms. The maximum absolute atomic E-state index is 13.0. The largest absolute Gasteiger partial charge is 0.534 e. The van der Waals surface area contributed by atoms with E-state index in [4.69, 9.17) is 4.74 Å². The Kier molecular flexibility index (Phi) is 4.97. The van der Waals surface area contributed by atoms with Crippen molar-refractivity contribution in [1.29, 1.82) is 0 Å². The number of fused-ring (bicyclic) bond motifs is 1. The molecule has 2 aliphatic rings. The molecule has 0 amide bonds. The lowest BCUT2D eigenvalue weighted by Gasteiger charge is -2.44. The maximum atomic E-state index is 13.0. The lowest BCUT2D eigenvalue weighted by molar-refractivity contribution is -0.0499. The van der Waals surface area contributed by atoms with Gasteiger partial charge >= 0.3 is 15.6 Å². The van der Waals surface area contributed by atoms with Crippen LogP contribution in [-0.2, 0) is 14.9 Å². The van der Waals surface area contributed by atoms with Crippen molar-refractivity contribution in [3.8, 4) is 5.75 Å². The number of alkyl halides is 3. The summed E-state index contributed by atoms with van der Waals surface area (Å²) in [6.45, 7) is 6.66. The van der Waals surface area contributed by atoms with Gasteiger partial charge in [-0.2, -0.15) is 26.7 Å². The number of rotatable bonds is 5. The maximum Gasteiger partial charge on any atom is 0.534 e. The van der Waals surface area contributed by atoms with Crippen LogP contribution >= 0.6 is 11.8 Å². The first-order valence-corrected chi connectivity index (χ1v) is 11.3. The first-order valence-electron chi connectivity index (χ1n) is 9.06. The first kappa shape index (κ1) is 21.2. The minimum atomic E-state index is -5.87. The number of thioether (sulfide) groups is 1. The van der Waals surface area contributed by atoms with Crippen LogP contribution in [0.5, 0.6) is 5.75 Å². The summed E-state index contributed by atoms with van der Waals surface area (Å²) in [7, 11) is -5.87. The van der Waals surface area contributed by atoms with Crippen LogP contribution in [0.2, 0.25) is 0 Å². The Hall–Kier alpha value is -1.99. The van der Waals surface area contributed by atoms with Gasteiger partial charge in [-0.25, -0.2) is 4.98 Å². The molecule has 0 saturated carbocycles. The van der Waals surface area contributed by atoms with Gasteiger partial charge in [-0.15, -0.1) is 0 Å². The zero-order valence-electron chi connectivity index (χ0n) is 16.3. The number of morpholine rings is 1. The Morgan fingerprint density at radius 3 is 2.67 bits per heavy atom. The summed E-state index contributed by atoms with van der Waals surface area (Å²) in [6.07, 6.45) is 1.38. The van der Waals surface area contributed by atoms with E-state index in [1.54, 1.807) is 25.6 Å². The minimum absolute atomic E-state index is 0.0801. The molecule has 2 aromatic heterocycles. The lowest BCUT2D eigenvalue weighted by atomic mass is 9.99. The number of hydrogen-bond donors (Lipinski definition) is 0. The van der Waals surface area contributed by atoms with Crippen LogP contribution in [0.4, 0.5) is 19.0 Å². The van der Waals surface area contributed by atoms with E-state index < -0.39 is 26.9 Å². The molecule has 0 aliphatic carbocycles. The van der Waals surface area contributed by atoms with E-state index in [2.05, 4.69) is 14.3 Å². The van der Waals surface area contributed by atoms with E-state index >= 15 is 0 Å². The van der Waals surface area contributed by atoms with Crippen LogP contribution in [0.25, 0.3) is 11.0 Å². The first-order chi connectivity index (χ1) is 13.9. The summed E-state index contributed by atoms with van der Waals surface area (Å²) < 4.78 is 74.1. The highest BCUT2D eigenvalue weighted by molar-refractivity contribution is 8.12. The lowest BCUT2D eigenvalue weighted by Crippen LogP contribution is -2.55. The van der Waals surface area contributed by atoms with Gasteiger partial charge in [-0.3, -0.25) is 4.68 Å². The fraction of sp³-hybridized carbons (Fsp3) is 0.529. The molecule has 164 valence electrons. The molecule has 0 radical (unpaired) electrons. The van der Waals surface area contributed by atoms with Gasteiger partial charge in [-0.1, -0.05) is 11.8 Å². The van der Waals surface area contributed by atoms with E-state index in [1.165, 1.54) is 16.9 Å². The topological polar surface area (TPSA) is 86.6 Å². The number of pyridine rings is 1. The van der Waals surface area contributed by atoms with Crippen molar-refractivity contribution in [1.82, 2.24) is 14.8 Å². The highest BCUT2D eigenvalue weighted by Crippen LogP contribution is 2.48. The van der Waals surface area contributed by atoms with Crippen molar-refractivity contribution < 1.29 is 30.5 Å². The predicted molar refractivity (Wildman–Crippen MR) is 106 cm³/mol. The van der Waals surface area contributed by atoms with Crippen molar-refractivity contribution in [3.63, 3.8) is 0 Å². The van der Waals surface area contributed by atoms with E-state index in [0.717, 1.165) is 4.91 Å². The van der Waals surface area contributed by atoms with Crippen LogP contribution in [0.3, 0.4) is 0 Å². The molecular weight excluding hydrogens is 445 g/mol. The summed E-state index contributed by atoms with van der Waals surface area (Å²) in [5, 5.41) is 6.12. The molecule has 0 N–H and O–H groups in total. The molecule has 1 fully saturated rings. The quantitative estimate of drug-likeness (QED) is 0.492. The summed E-state index contributed by atoms with van der Waals surface area (Å²) in [5.74, 6) is -0.179. The minimum Gasteiger partial charge on any atom is -0.377 e. The standard InChI is InChI=1S/C17H19F3N4O4S2/c1-10(2)24-15-11(7-21-24)22-14(6-12(15)28-30(25,26)17(18,19)20)23-4-5-27-9-16(23,3)13-8-29-13/h6-8,10H,4-5,9H2,1-3H3/t16-/m1/s1. The van der Waals surface area contributed by atoms with Gasteiger partial charge in [0.15, 0.2) is 5.75 Å². The van der Waals surface area contributed by atoms with Gasteiger partial charge < -0.3 is 13.8 Å². The summed E-state index contributed by atoms with van der Waals surface area (Å²) in [5.41, 5.74) is -5.80. The van der Waals surface area contributed by atoms with E-state index in [1.807, 2.05) is 17.2 Å². The van der Waals surface area contributed by atoms with Crippen LogP contribution in [0, 0.1) is 0 Å². The van der Waals surface area contributed by atoms with Gasteiger partial charge in [0.05, 0.1) is 24.9 Å². The normalized spacial score (nSPS) is 22.5. The van der Waals surface area contributed by atoms with E-state index in [9.17, 15) is 21.6 Å². The summed E-state index contributed by atoms with van der Waals surface area (Å²) >= 11 is 1.55. The average molecular weight is 464 g/mol. The van der Waals surface area contributed by atoms with E-state index in [0.29, 0.717) is 19.8 Å². The van der Waals surface area contributed by atoms with Gasteiger partial charge in [-0.05, 0) is 26.2 Å². The highest BCUT2D eigenvalue weighted by Gasteiger charge is 2.49. The predicted octanol–water partition coefficient (Wildman–Crippen LogP) is 3.42. The molecule has 4 heterocycles. The van der Waals surface area contributed by atoms with Gasteiger partial charge in [0.25, 0.3) is 0 Å². The average Bonchev–Trinajstić information content (AvgIpc) is 3.41. The molecule has 2 aliphatic heterocycles. The second-order valence-electron chi connectivity index (χ2n) is 7.46. The van der Waals surface area contributed by atoms with E-state index in [-0.39, 0.29) is 22.9 Å². The Bertz CT molecular complexity index is 1130. The van der Waals surface area contributed by atoms with Crippen molar-refractivity contribution in [2.45, 2.75) is 37.9 Å².